The first-order chi connectivity index (χ1) is 4.79. The van der Waals surface area contributed by atoms with Gasteiger partial charge in [-0.1, -0.05) is 0 Å². The SMILES string of the molecule is NC(N)=NNC1=NCCC1. The highest BCUT2D eigenvalue weighted by atomic mass is 15.4. The van der Waals surface area contributed by atoms with Gasteiger partial charge >= 0.3 is 0 Å². The van der Waals surface area contributed by atoms with Crippen LogP contribution < -0.4 is 16.9 Å². The second-order valence-electron chi connectivity index (χ2n) is 2.08. The molecule has 5 nitrogen and oxygen atoms in total. The van der Waals surface area contributed by atoms with E-state index in [4.69, 9.17) is 11.5 Å². The molecule has 1 heterocycles. The summed E-state index contributed by atoms with van der Waals surface area (Å²) in [6.45, 7) is 0.877. The molecule has 0 amide bonds. The van der Waals surface area contributed by atoms with Gasteiger partial charge in [-0.3, -0.25) is 10.4 Å². The van der Waals surface area contributed by atoms with Crippen LogP contribution in [-0.2, 0) is 0 Å². The van der Waals surface area contributed by atoms with Crippen LogP contribution in [0.2, 0.25) is 0 Å². The number of hydrazone groups is 1. The highest BCUT2D eigenvalue weighted by Gasteiger charge is 2.03. The number of hydrogen-bond acceptors (Lipinski definition) is 3. The summed E-state index contributed by atoms with van der Waals surface area (Å²) in [7, 11) is 0. The van der Waals surface area contributed by atoms with E-state index in [9.17, 15) is 0 Å². The Hall–Kier alpha value is -1.26. The third-order valence-electron chi connectivity index (χ3n) is 1.19. The molecule has 0 radical (unpaired) electrons. The summed E-state index contributed by atoms with van der Waals surface area (Å²) >= 11 is 0. The van der Waals surface area contributed by atoms with Gasteiger partial charge in [0.25, 0.3) is 0 Å². The molecule has 10 heavy (non-hydrogen) atoms. The molecule has 0 aromatic heterocycles. The summed E-state index contributed by atoms with van der Waals surface area (Å²) < 4.78 is 0. The number of guanidine groups is 1. The minimum absolute atomic E-state index is 0.0367. The van der Waals surface area contributed by atoms with Crippen molar-refractivity contribution in [2.24, 2.45) is 21.6 Å². The molecule has 0 spiro atoms. The number of rotatable bonds is 1. The van der Waals surface area contributed by atoms with Crippen LogP contribution in [0, 0.1) is 0 Å². The number of nitrogens with two attached hydrogens (primary N) is 2. The summed E-state index contributed by atoms with van der Waals surface area (Å²) in [5.74, 6) is 0.906. The quantitative estimate of drug-likeness (QED) is 0.247. The number of nitrogens with zero attached hydrogens (tertiary/aromatic N) is 2. The third kappa shape index (κ3) is 1.93. The van der Waals surface area contributed by atoms with Crippen LogP contribution in [0.5, 0.6) is 0 Å². The fourth-order valence-corrected chi connectivity index (χ4v) is 0.760. The smallest absolute Gasteiger partial charge is 0.208 e. The van der Waals surface area contributed by atoms with Gasteiger partial charge in [0.2, 0.25) is 5.96 Å². The van der Waals surface area contributed by atoms with Crippen LogP contribution in [0.4, 0.5) is 0 Å². The van der Waals surface area contributed by atoms with E-state index in [0.29, 0.717) is 0 Å². The predicted molar refractivity (Wildman–Crippen MR) is 40.5 cm³/mol. The Morgan fingerprint density at radius 3 is 2.90 bits per heavy atom. The van der Waals surface area contributed by atoms with Crippen molar-refractivity contribution in [3.8, 4) is 0 Å². The molecule has 56 valence electrons. The maximum Gasteiger partial charge on any atom is 0.208 e. The maximum atomic E-state index is 5.08. The van der Waals surface area contributed by atoms with Crippen LogP contribution >= 0.6 is 0 Å². The van der Waals surface area contributed by atoms with Gasteiger partial charge in [-0.15, -0.1) is 5.10 Å². The monoisotopic (exact) mass is 141 g/mol. The molecule has 0 fully saturated rings. The van der Waals surface area contributed by atoms with Crippen molar-refractivity contribution in [1.82, 2.24) is 5.43 Å². The zero-order valence-corrected chi connectivity index (χ0v) is 5.67. The van der Waals surface area contributed by atoms with Gasteiger partial charge in [-0.25, -0.2) is 0 Å². The van der Waals surface area contributed by atoms with Gasteiger partial charge < -0.3 is 11.5 Å². The van der Waals surface area contributed by atoms with Crippen LogP contribution in [-0.4, -0.2) is 18.3 Å². The second-order valence-corrected chi connectivity index (χ2v) is 2.08. The van der Waals surface area contributed by atoms with Crippen LogP contribution in [0.1, 0.15) is 12.8 Å². The molecule has 5 heteroatoms. The van der Waals surface area contributed by atoms with E-state index in [1.807, 2.05) is 0 Å². The van der Waals surface area contributed by atoms with Crippen molar-refractivity contribution in [1.29, 1.82) is 0 Å². The van der Waals surface area contributed by atoms with E-state index in [-0.39, 0.29) is 5.96 Å². The first-order valence-corrected chi connectivity index (χ1v) is 3.17. The molecule has 0 aromatic rings. The molecule has 0 saturated carbocycles. The molecular weight excluding hydrogens is 130 g/mol. The van der Waals surface area contributed by atoms with Crippen molar-refractivity contribution < 1.29 is 0 Å². The average Bonchev–Trinajstić information content (AvgIpc) is 2.34. The molecule has 0 bridgehead atoms. The van der Waals surface area contributed by atoms with E-state index < -0.39 is 0 Å². The summed E-state index contributed by atoms with van der Waals surface area (Å²) in [4.78, 5) is 4.10. The third-order valence-corrected chi connectivity index (χ3v) is 1.19. The van der Waals surface area contributed by atoms with E-state index in [2.05, 4.69) is 15.5 Å². The predicted octanol–water partition coefficient (Wildman–Crippen LogP) is -1.04. The topological polar surface area (TPSA) is 88.8 Å². The molecule has 1 aliphatic rings. The Bertz CT molecular complexity index is 167. The van der Waals surface area contributed by atoms with Crippen LogP contribution in [0.15, 0.2) is 10.1 Å². The lowest BCUT2D eigenvalue weighted by atomic mass is 10.3. The summed E-state index contributed by atoms with van der Waals surface area (Å²) in [6.07, 6.45) is 2.03. The molecule has 1 aliphatic heterocycles. The number of hydrogen-bond donors (Lipinski definition) is 3. The summed E-state index contributed by atoms with van der Waals surface area (Å²) in [5, 5.41) is 3.60. The van der Waals surface area contributed by atoms with Gasteiger partial charge in [-0.05, 0) is 6.42 Å². The fraction of sp³-hybridized carbons (Fsp3) is 0.600. The maximum absolute atomic E-state index is 5.08. The van der Waals surface area contributed by atoms with Crippen molar-refractivity contribution in [2.45, 2.75) is 12.8 Å². The highest BCUT2D eigenvalue weighted by molar-refractivity contribution is 5.85. The van der Waals surface area contributed by atoms with E-state index in [0.717, 1.165) is 25.2 Å². The molecule has 0 unspecified atom stereocenters. The molecule has 0 aliphatic carbocycles. The van der Waals surface area contributed by atoms with E-state index in [1.165, 1.54) is 0 Å². The van der Waals surface area contributed by atoms with Gasteiger partial charge in [0, 0.05) is 13.0 Å². The normalized spacial score (nSPS) is 16.2. The second kappa shape index (κ2) is 3.05. The molecule has 0 atom stereocenters. The highest BCUT2D eigenvalue weighted by Crippen LogP contribution is 2.00. The zero-order chi connectivity index (χ0) is 7.40. The van der Waals surface area contributed by atoms with Crippen LogP contribution in [0.25, 0.3) is 0 Å². The average molecular weight is 141 g/mol. The minimum Gasteiger partial charge on any atom is -0.369 e. The minimum atomic E-state index is 0.0367. The van der Waals surface area contributed by atoms with Crippen molar-refractivity contribution in [2.75, 3.05) is 6.54 Å². The number of amidine groups is 1. The number of aliphatic imine (C=N–C) groups is 1. The Morgan fingerprint density at radius 2 is 2.40 bits per heavy atom. The summed E-state index contributed by atoms with van der Waals surface area (Å²) in [6, 6.07) is 0. The van der Waals surface area contributed by atoms with Crippen molar-refractivity contribution in [3.05, 3.63) is 0 Å². The zero-order valence-electron chi connectivity index (χ0n) is 5.67. The Kier molecular flexibility index (Phi) is 2.09. The lowest BCUT2D eigenvalue weighted by Crippen LogP contribution is -2.28. The van der Waals surface area contributed by atoms with Gasteiger partial charge in [0.1, 0.15) is 5.84 Å². The Labute approximate surface area is 59.2 Å². The molecular formula is C5H11N5. The first-order valence-electron chi connectivity index (χ1n) is 3.17. The largest absolute Gasteiger partial charge is 0.369 e. The molecule has 0 aromatic carbocycles. The summed E-state index contributed by atoms with van der Waals surface area (Å²) in [5.41, 5.74) is 12.8. The van der Waals surface area contributed by atoms with Gasteiger partial charge in [-0.2, -0.15) is 0 Å². The van der Waals surface area contributed by atoms with E-state index >= 15 is 0 Å². The molecule has 5 N–H and O–H groups in total. The molecule has 1 rings (SSSR count). The van der Waals surface area contributed by atoms with Gasteiger partial charge in [0.05, 0.1) is 0 Å². The van der Waals surface area contributed by atoms with Crippen molar-refractivity contribution in [3.63, 3.8) is 0 Å². The lowest BCUT2D eigenvalue weighted by Gasteiger charge is -1.96. The number of nitrogens with one attached hydrogen (secondary N) is 1. The van der Waals surface area contributed by atoms with E-state index in [1.54, 1.807) is 0 Å². The van der Waals surface area contributed by atoms with Crippen molar-refractivity contribution >= 4 is 11.8 Å². The Morgan fingerprint density at radius 1 is 1.60 bits per heavy atom. The van der Waals surface area contributed by atoms with Gasteiger partial charge in [0.15, 0.2) is 0 Å². The molecule has 0 saturated heterocycles. The van der Waals surface area contributed by atoms with Crippen LogP contribution in [0.3, 0.4) is 0 Å². The lowest BCUT2D eigenvalue weighted by molar-refractivity contribution is 0.933. The fourth-order valence-electron chi connectivity index (χ4n) is 0.760. The Balaban J connectivity index is 2.32. The first kappa shape index (κ1) is 6.85. The standard InChI is InChI=1S/C5H11N5/c6-5(7)10-9-4-2-1-3-8-4/h1-3H2,(H,8,9)(H4,6,7,10).